The lowest BCUT2D eigenvalue weighted by Crippen LogP contribution is -2.14. The van der Waals surface area contributed by atoms with E-state index in [-0.39, 0.29) is 0 Å². The highest BCUT2D eigenvalue weighted by atomic mass is 14.9. The molecule has 2 nitrogen and oxygen atoms in total. The molecule has 0 bridgehead atoms. The predicted molar refractivity (Wildman–Crippen MR) is 103 cm³/mol. The third kappa shape index (κ3) is 13.4. The summed E-state index contributed by atoms with van der Waals surface area (Å²) in [6.45, 7) is 4.42. The van der Waals surface area contributed by atoms with Crippen molar-refractivity contribution in [3.8, 4) is 0 Å². The molecule has 1 aromatic rings. The lowest BCUT2D eigenvalue weighted by Gasteiger charge is -2.04. The molecule has 0 saturated heterocycles. The van der Waals surface area contributed by atoms with Gasteiger partial charge in [0.15, 0.2) is 0 Å². The lowest BCUT2D eigenvalue weighted by molar-refractivity contribution is 0.529. The van der Waals surface area contributed by atoms with E-state index in [2.05, 4.69) is 29.4 Å². The Morgan fingerprint density at radius 1 is 0.739 bits per heavy atom. The van der Waals surface area contributed by atoms with E-state index in [9.17, 15) is 0 Å². The van der Waals surface area contributed by atoms with Crippen LogP contribution in [0.1, 0.15) is 103 Å². The molecule has 2 N–H and O–H groups in total. The van der Waals surface area contributed by atoms with Crippen molar-refractivity contribution in [2.45, 2.75) is 103 Å². The van der Waals surface area contributed by atoms with E-state index >= 15 is 0 Å². The largest absolute Gasteiger partial charge is 0.364 e. The van der Waals surface area contributed by atoms with Crippen LogP contribution >= 0.6 is 0 Å². The molecule has 23 heavy (non-hydrogen) atoms. The summed E-state index contributed by atoms with van der Waals surface area (Å²) < 4.78 is 0. The van der Waals surface area contributed by atoms with Gasteiger partial charge in [0.05, 0.1) is 0 Å². The molecule has 0 saturated carbocycles. The highest BCUT2D eigenvalue weighted by molar-refractivity contribution is 5.02. The number of rotatable bonds is 17. The van der Waals surface area contributed by atoms with Gasteiger partial charge in [-0.05, 0) is 25.1 Å². The fraction of sp³-hybridized carbons (Fsp3) is 0.810. The molecule has 0 aliphatic heterocycles. The van der Waals surface area contributed by atoms with Gasteiger partial charge in [0.25, 0.3) is 0 Å². The molecule has 0 amide bonds. The average molecular weight is 321 g/mol. The molecule has 0 aliphatic rings. The van der Waals surface area contributed by atoms with E-state index in [1.807, 2.05) is 6.20 Å². The Kier molecular flexibility index (Phi) is 14.2. The molecular formula is C21H40N2. The first-order valence-electron chi connectivity index (χ1n) is 10.3. The maximum atomic E-state index is 3.50. The fourth-order valence-electron chi connectivity index (χ4n) is 3.15. The number of hydrogen-bond donors (Lipinski definition) is 2. The molecule has 1 heterocycles. The highest BCUT2D eigenvalue weighted by Gasteiger charge is 1.95. The van der Waals surface area contributed by atoms with Crippen LogP contribution in [-0.2, 0) is 6.54 Å². The quantitative estimate of drug-likeness (QED) is 0.311. The van der Waals surface area contributed by atoms with Crippen LogP contribution in [0.2, 0.25) is 0 Å². The maximum Gasteiger partial charge on any atom is 0.0357 e. The molecule has 2 heteroatoms. The van der Waals surface area contributed by atoms with E-state index in [1.54, 1.807) is 0 Å². The van der Waals surface area contributed by atoms with Crippen molar-refractivity contribution in [3.05, 3.63) is 24.0 Å². The van der Waals surface area contributed by atoms with Crippen molar-refractivity contribution in [1.29, 1.82) is 0 Å². The first kappa shape index (κ1) is 20.3. The van der Waals surface area contributed by atoms with E-state index in [1.165, 1.54) is 95.6 Å². The van der Waals surface area contributed by atoms with Crippen LogP contribution in [0.25, 0.3) is 0 Å². The maximum absolute atomic E-state index is 3.50. The minimum Gasteiger partial charge on any atom is -0.364 e. The lowest BCUT2D eigenvalue weighted by atomic mass is 10.0. The second-order valence-electron chi connectivity index (χ2n) is 6.97. The second kappa shape index (κ2) is 16.1. The van der Waals surface area contributed by atoms with Crippen LogP contribution in [0.15, 0.2) is 18.3 Å². The summed E-state index contributed by atoms with van der Waals surface area (Å²) in [7, 11) is 0. The van der Waals surface area contributed by atoms with Crippen molar-refractivity contribution in [3.63, 3.8) is 0 Å². The van der Waals surface area contributed by atoms with Gasteiger partial charge in [-0.1, -0.05) is 90.4 Å². The summed E-state index contributed by atoms with van der Waals surface area (Å²) in [6.07, 6.45) is 22.0. The van der Waals surface area contributed by atoms with Gasteiger partial charge in [-0.15, -0.1) is 0 Å². The molecule has 0 fully saturated rings. The first-order chi connectivity index (χ1) is 11.4. The Morgan fingerprint density at radius 3 is 1.74 bits per heavy atom. The SMILES string of the molecule is CCCCCCCCCCCCCCCCNCc1ccc[nH]1. The third-order valence-corrected chi connectivity index (χ3v) is 4.68. The summed E-state index contributed by atoms with van der Waals surface area (Å²) in [6, 6.07) is 4.20. The average Bonchev–Trinajstić information content (AvgIpc) is 3.08. The Labute approximate surface area is 144 Å². The van der Waals surface area contributed by atoms with Gasteiger partial charge in [0, 0.05) is 18.4 Å². The standard InChI is InChI=1S/C21H40N2/c1-2-3-4-5-6-7-8-9-10-11-12-13-14-15-18-22-20-21-17-16-19-23-21/h16-17,19,22-23H,2-15,18,20H2,1H3. The van der Waals surface area contributed by atoms with Crippen LogP contribution in [0.5, 0.6) is 0 Å². The van der Waals surface area contributed by atoms with Crippen LogP contribution < -0.4 is 5.32 Å². The normalized spacial score (nSPS) is 11.2. The van der Waals surface area contributed by atoms with Crippen LogP contribution in [0.4, 0.5) is 0 Å². The monoisotopic (exact) mass is 320 g/mol. The summed E-state index contributed by atoms with van der Waals surface area (Å²) in [5.41, 5.74) is 1.29. The van der Waals surface area contributed by atoms with Gasteiger partial charge in [-0.3, -0.25) is 0 Å². The zero-order valence-electron chi connectivity index (χ0n) is 15.5. The molecule has 0 radical (unpaired) electrons. The highest BCUT2D eigenvalue weighted by Crippen LogP contribution is 2.12. The zero-order valence-corrected chi connectivity index (χ0v) is 15.5. The molecule has 1 rings (SSSR count). The molecule has 0 spiro atoms. The smallest absolute Gasteiger partial charge is 0.0357 e. The summed E-state index contributed by atoms with van der Waals surface area (Å²) >= 11 is 0. The van der Waals surface area contributed by atoms with Crippen molar-refractivity contribution in [1.82, 2.24) is 10.3 Å². The minimum atomic E-state index is 0.978. The van der Waals surface area contributed by atoms with E-state index in [0.29, 0.717) is 0 Å². The number of H-pyrrole nitrogens is 1. The molecule has 0 unspecified atom stereocenters. The molecular weight excluding hydrogens is 280 g/mol. The Balaban J connectivity index is 1.67. The van der Waals surface area contributed by atoms with Crippen LogP contribution in [-0.4, -0.2) is 11.5 Å². The van der Waals surface area contributed by atoms with Gasteiger partial charge in [0.1, 0.15) is 0 Å². The van der Waals surface area contributed by atoms with Gasteiger partial charge >= 0.3 is 0 Å². The summed E-state index contributed by atoms with van der Waals surface area (Å²) in [5.74, 6) is 0. The van der Waals surface area contributed by atoms with Crippen molar-refractivity contribution >= 4 is 0 Å². The number of unbranched alkanes of at least 4 members (excludes halogenated alkanes) is 13. The van der Waals surface area contributed by atoms with Crippen molar-refractivity contribution < 1.29 is 0 Å². The fourth-order valence-corrected chi connectivity index (χ4v) is 3.15. The van der Waals surface area contributed by atoms with E-state index < -0.39 is 0 Å². The van der Waals surface area contributed by atoms with E-state index in [4.69, 9.17) is 0 Å². The Bertz CT molecular complexity index is 319. The molecule has 0 atom stereocenters. The van der Waals surface area contributed by atoms with Gasteiger partial charge in [-0.25, -0.2) is 0 Å². The topological polar surface area (TPSA) is 27.8 Å². The number of aromatic amines is 1. The minimum absolute atomic E-state index is 0.978. The summed E-state index contributed by atoms with van der Waals surface area (Å²) in [4.78, 5) is 3.23. The molecule has 1 aromatic heterocycles. The third-order valence-electron chi connectivity index (χ3n) is 4.68. The zero-order chi connectivity index (χ0) is 16.4. The van der Waals surface area contributed by atoms with Gasteiger partial charge in [-0.2, -0.15) is 0 Å². The molecule has 134 valence electrons. The van der Waals surface area contributed by atoms with Crippen LogP contribution in [0, 0.1) is 0 Å². The van der Waals surface area contributed by atoms with Gasteiger partial charge < -0.3 is 10.3 Å². The number of hydrogen-bond acceptors (Lipinski definition) is 1. The Hall–Kier alpha value is -0.760. The molecule has 0 aromatic carbocycles. The second-order valence-corrected chi connectivity index (χ2v) is 6.97. The van der Waals surface area contributed by atoms with Gasteiger partial charge in [0.2, 0.25) is 0 Å². The predicted octanol–water partition coefficient (Wildman–Crippen LogP) is 6.59. The Morgan fingerprint density at radius 2 is 1.26 bits per heavy atom. The van der Waals surface area contributed by atoms with E-state index in [0.717, 1.165) is 13.1 Å². The summed E-state index contributed by atoms with van der Waals surface area (Å²) in [5, 5.41) is 3.50. The van der Waals surface area contributed by atoms with Crippen molar-refractivity contribution in [2.24, 2.45) is 0 Å². The first-order valence-corrected chi connectivity index (χ1v) is 10.3. The van der Waals surface area contributed by atoms with Crippen molar-refractivity contribution in [2.75, 3.05) is 6.54 Å². The number of aromatic nitrogens is 1. The molecule has 0 aliphatic carbocycles. The van der Waals surface area contributed by atoms with Crippen LogP contribution in [0.3, 0.4) is 0 Å². The number of nitrogens with one attached hydrogen (secondary N) is 2.